The maximum atomic E-state index is 9.76. The van der Waals surface area contributed by atoms with Crippen LogP contribution < -0.4 is 4.42 Å². The lowest BCUT2D eigenvalue weighted by atomic mass is 10.1. The molecule has 2 aromatic carbocycles. The number of halogens is 1. The molecular weight excluding hydrogens is 276 g/mol. The highest BCUT2D eigenvalue weighted by Crippen LogP contribution is 2.31. The second kappa shape index (κ2) is 6.70. The Balaban J connectivity index is 2.25. The van der Waals surface area contributed by atoms with E-state index in [1.165, 1.54) is 4.42 Å². The van der Waals surface area contributed by atoms with Crippen molar-refractivity contribution < 1.29 is 5.11 Å². The fraction of sp³-hybridized carbons (Fsp3) is 0.143. The largest absolute Gasteiger partial charge is 0.508 e. The van der Waals surface area contributed by atoms with E-state index in [4.69, 9.17) is 17.3 Å². The molecule has 102 valence electrons. The third kappa shape index (κ3) is 3.57. The number of para-hydroxylation sites is 1. The van der Waals surface area contributed by atoms with Crippen molar-refractivity contribution in [3.8, 4) is 5.75 Å². The van der Waals surface area contributed by atoms with Crippen LogP contribution in [0.1, 0.15) is 5.56 Å². The van der Waals surface area contributed by atoms with Gasteiger partial charge in [0.1, 0.15) is 5.75 Å². The molecule has 5 nitrogen and oxygen atoms in total. The zero-order chi connectivity index (χ0) is 14.4. The van der Waals surface area contributed by atoms with Crippen LogP contribution in [-0.4, -0.2) is 11.7 Å². The van der Waals surface area contributed by atoms with Gasteiger partial charge in [-0.2, -0.15) is 0 Å². The van der Waals surface area contributed by atoms with Gasteiger partial charge in [0.2, 0.25) is 0 Å². The molecule has 0 heterocycles. The van der Waals surface area contributed by atoms with Crippen LogP contribution in [0.2, 0.25) is 0 Å². The molecule has 1 N–H and O–H groups in total. The van der Waals surface area contributed by atoms with E-state index in [1.807, 2.05) is 36.4 Å². The fourth-order valence-electron chi connectivity index (χ4n) is 1.85. The summed E-state index contributed by atoms with van der Waals surface area (Å²) in [6.07, 6.45) is 0.547. The number of rotatable bonds is 5. The van der Waals surface area contributed by atoms with Crippen molar-refractivity contribution in [3.05, 3.63) is 64.5 Å². The van der Waals surface area contributed by atoms with Crippen molar-refractivity contribution in [2.24, 2.45) is 5.11 Å². The molecule has 0 amide bonds. The molecule has 0 fully saturated rings. The Morgan fingerprint density at radius 1 is 1.15 bits per heavy atom. The summed E-state index contributed by atoms with van der Waals surface area (Å²) < 4.78 is 1.47. The minimum absolute atomic E-state index is 0.125. The number of phenols is 1. The lowest BCUT2D eigenvalue weighted by Gasteiger charge is -2.17. The number of benzene rings is 2. The number of hydrogen-bond acceptors (Lipinski definition) is 3. The first kappa shape index (κ1) is 14.1. The van der Waals surface area contributed by atoms with Crippen molar-refractivity contribution in [1.29, 1.82) is 0 Å². The Morgan fingerprint density at radius 3 is 2.60 bits per heavy atom. The van der Waals surface area contributed by atoms with Crippen molar-refractivity contribution in [2.75, 3.05) is 11.0 Å². The zero-order valence-corrected chi connectivity index (χ0v) is 11.4. The molecule has 0 spiro atoms. The monoisotopic (exact) mass is 288 g/mol. The van der Waals surface area contributed by atoms with Crippen LogP contribution in [0.4, 0.5) is 11.4 Å². The average Bonchev–Trinajstić information content (AvgIpc) is 2.47. The number of azide groups is 1. The van der Waals surface area contributed by atoms with Crippen molar-refractivity contribution in [1.82, 2.24) is 0 Å². The van der Waals surface area contributed by atoms with E-state index in [9.17, 15) is 5.11 Å². The van der Waals surface area contributed by atoms with E-state index in [1.54, 1.807) is 12.1 Å². The van der Waals surface area contributed by atoms with Crippen LogP contribution in [0.5, 0.6) is 5.75 Å². The van der Waals surface area contributed by atoms with E-state index in [0.717, 1.165) is 11.3 Å². The van der Waals surface area contributed by atoms with Crippen molar-refractivity contribution in [2.45, 2.75) is 6.42 Å². The number of phenolic OH excluding ortho intramolecular Hbond substituents is 1. The molecule has 0 aromatic heterocycles. The quantitative estimate of drug-likeness (QED) is 0.380. The molecule has 0 radical (unpaired) electrons. The molecule has 0 saturated carbocycles. The van der Waals surface area contributed by atoms with Gasteiger partial charge in [-0.1, -0.05) is 23.3 Å². The van der Waals surface area contributed by atoms with Gasteiger partial charge >= 0.3 is 0 Å². The SMILES string of the molecule is [N-]=[N+]=NCCc1cc(O)cc(N(Cl)c2ccccc2)c1. The Hall–Kier alpha value is -2.36. The summed E-state index contributed by atoms with van der Waals surface area (Å²) in [6.45, 7) is 0.340. The number of hydrogen-bond donors (Lipinski definition) is 1. The van der Waals surface area contributed by atoms with Crippen LogP contribution >= 0.6 is 11.8 Å². The first-order valence-corrected chi connectivity index (χ1v) is 6.39. The second-order valence-electron chi connectivity index (χ2n) is 4.18. The molecule has 20 heavy (non-hydrogen) atoms. The van der Waals surface area contributed by atoms with Gasteiger partial charge in [0.25, 0.3) is 0 Å². The minimum Gasteiger partial charge on any atom is -0.508 e. The Kier molecular flexibility index (Phi) is 4.71. The van der Waals surface area contributed by atoms with E-state index in [2.05, 4.69) is 10.0 Å². The highest BCUT2D eigenvalue weighted by atomic mass is 35.5. The zero-order valence-electron chi connectivity index (χ0n) is 10.6. The Labute approximate surface area is 121 Å². The summed E-state index contributed by atoms with van der Waals surface area (Å²) in [5.74, 6) is 0.125. The Morgan fingerprint density at radius 2 is 1.90 bits per heavy atom. The standard InChI is InChI=1S/C14H13ClN4O/c15-19(12-4-2-1-3-5-12)13-8-11(6-7-17-18-16)9-14(20)10-13/h1-5,8-10,20H,6-7H2. The molecule has 0 bridgehead atoms. The molecule has 6 heteroatoms. The van der Waals surface area contributed by atoms with Crippen molar-refractivity contribution in [3.63, 3.8) is 0 Å². The van der Waals surface area contributed by atoms with Crippen LogP contribution in [0.15, 0.2) is 53.6 Å². The highest BCUT2D eigenvalue weighted by molar-refractivity contribution is 6.29. The van der Waals surface area contributed by atoms with E-state index < -0.39 is 0 Å². The van der Waals surface area contributed by atoms with Gasteiger partial charge in [-0.25, -0.2) is 0 Å². The van der Waals surface area contributed by atoms with Crippen LogP contribution in [-0.2, 0) is 6.42 Å². The summed E-state index contributed by atoms with van der Waals surface area (Å²) in [6, 6.07) is 14.5. The smallest absolute Gasteiger partial charge is 0.117 e. The highest BCUT2D eigenvalue weighted by Gasteiger charge is 2.08. The molecule has 0 saturated heterocycles. The molecule has 2 rings (SSSR count). The molecule has 2 aromatic rings. The van der Waals surface area contributed by atoms with Crippen molar-refractivity contribution >= 4 is 23.2 Å². The fourth-order valence-corrected chi connectivity index (χ4v) is 2.06. The number of aromatic hydroxyl groups is 1. The van der Waals surface area contributed by atoms with Gasteiger partial charge in [-0.3, -0.25) is 4.42 Å². The van der Waals surface area contributed by atoms with Gasteiger partial charge < -0.3 is 5.11 Å². The van der Waals surface area contributed by atoms with E-state index in [-0.39, 0.29) is 5.75 Å². The third-order valence-electron chi connectivity index (χ3n) is 2.74. The average molecular weight is 289 g/mol. The van der Waals surface area contributed by atoms with E-state index in [0.29, 0.717) is 18.7 Å². The third-order valence-corrected chi connectivity index (χ3v) is 3.13. The van der Waals surface area contributed by atoms with Gasteiger partial charge in [-0.15, -0.1) is 0 Å². The first-order valence-electron chi connectivity index (χ1n) is 6.05. The molecule has 0 atom stereocenters. The lowest BCUT2D eigenvalue weighted by Crippen LogP contribution is -2.02. The molecular formula is C14H13ClN4O. The summed E-state index contributed by atoms with van der Waals surface area (Å²) in [5, 5.41) is 13.2. The maximum absolute atomic E-state index is 9.76. The summed E-state index contributed by atoms with van der Waals surface area (Å²) in [5.41, 5.74) is 10.6. The van der Waals surface area contributed by atoms with Crippen LogP contribution in [0.3, 0.4) is 0 Å². The Bertz CT molecular complexity index is 626. The number of anilines is 2. The topological polar surface area (TPSA) is 72.2 Å². The van der Waals surface area contributed by atoms with Gasteiger partial charge in [-0.05, 0) is 41.8 Å². The molecule has 0 unspecified atom stereocenters. The summed E-state index contributed by atoms with van der Waals surface area (Å²) in [4.78, 5) is 2.70. The van der Waals surface area contributed by atoms with Gasteiger partial charge in [0.15, 0.2) is 0 Å². The van der Waals surface area contributed by atoms with E-state index >= 15 is 0 Å². The van der Waals surface area contributed by atoms with Crippen LogP contribution in [0, 0.1) is 0 Å². The normalized spacial score (nSPS) is 9.85. The predicted octanol–water partition coefficient (Wildman–Crippen LogP) is 4.54. The number of nitrogens with zero attached hydrogens (tertiary/aromatic N) is 4. The molecule has 0 aliphatic rings. The molecule has 0 aliphatic heterocycles. The van der Waals surface area contributed by atoms with Gasteiger partial charge in [0, 0.05) is 29.3 Å². The predicted molar refractivity (Wildman–Crippen MR) is 80.3 cm³/mol. The minimum atomic E-state index is 0.125. The van der Waals surface area contributed by atoms with Crippen LogP contribution in [0.25, 0.3) is 10.4 Å². The first-order chi connectivity index (χ1) is 9.70. The van der Waals surface area contributed by atoms with Gasteiger partial charge in [0.05, 0.1) is 11.4 Å². The second-order valence-corrected chi connectivity index (χ2v) is 4.52. The summed E-state index contributed by atoms with van der Waals surface area (Å²) in [7, 11) is 0. The maximum Gasteiger partial charge on any atom is 0.117 e. The molecule has 0 aliphatic carbocycles. The lowest BCUT2D eigenvalue weighted by molar-refractivity contribution is 0.475. The summed E-state index contributed by atoms with van der Waals surface area (Å²) >= 11 is 6.28.